The van der Waals surface area contributed by atoms with Crippen LogP contribution in [-0.2, 0) is 10.2 Å². The molecule has 1 fully saturated rings. The molecule has 1 aliphatic rings. The van der Waals surface area contributed by atoms with Gasteiger partial charge in [0.1, 0.15) is 0 Å². The predicted octanol–water partition coefficient (Wildman–Crippen LogP) is -2.37. The van der Waals surface area contributed by atoms with Crippen molar-refractivity contribution < 1.29 is 28.8 Å². The van der Waals surface area contributed by atoms with Crippen LogP contribution in [-0.4, -0.2) is 11.0 Å². The third-order valence-corrected chi connectivity index (χ3v) is 2.99. The molecular formula is C9H7BrLiNO2. The number of hydrogen-bond donors (Lipinski definition) is 0. The zero-order valence-electron chi connectivity index (χ0n) is 7.79. The van der Waals surface area contributed by atoms with Crippen molar-refractivity contribution in [2.45, 2.75) is 18.3 Å². The number of halogens is 1. The summed E-state index contributed by atoms with van der Waals surface area (Å²) >= 11 is 3.29. The largest absolute Gasteiger partial charge is 1.00 e. The molecule has 1 heterocycles. The molecule has 0 atom stereocenters. The summed E-state index contributed by atoms with van der Waals surface area (Å²) in [6.07, 6.45) is 2.86. The van der Waals surface area contributed by atoms with Gasteiger partial charge in [-0.25, -0.2) is 0 Å². The van der Waals surface area contributed by atoms with Crippen LogP contribution in [0, 0.1) is 0 Å². The van der Waals surface area contributed by atoms with Gasteiger partial charge in [-0.05, 0) is 40.9 Å². The Labute approximate surface area is 102 Å². The van der Waals surface area contributed by atoms with Crippen molar-refractivity contribution in [3.8, 4) is 0 Å². The van der Waals surface area contributed by atoms with Crippen molar-refractivity contribution >= 4 is 21.9 Å². The molecular weight excluding hydrogens is 241 g/mol. The van der Waals surface area contributed by atoms with Crippen LogP contribution in [0.25, 0.3) is 0 Å². The Morgan fingerprint density at radius 1 is 1.57 bits per heavy atom. The summed E-state index contributed by atoms with van der Waals surface area (Å²) in [5.74, 6) is -1.02. The second-order valence-corrected chi connectivity index (χ2v) is 4.06. The zero-order chi connectivity index (χ0) is 9.47. The molecule has 2 rings (SSSR count). The fourth-order valence-corrected chi connectivity index (χ4v) is 2.03. The first kappa shape index (κ1) is 11.8. The van der Waals surface area contributed by atoms with Crippen LogP contribution < -0.4 is 24.0 Å². The summed E-state index contributed by atoms with van der Waals surface area (Å²) in [6, 6.07) is 3.56. The number of carboxylic acids is 1. The Morgan fingerprint density at radius 3 is 2.64 bits per heavy atom. The third-order valence-electron chi connectivity index (χ3n) is 2.35. The Bertz CT molecular complexity index is 366. The molecule has 1 aliphatic carbocycles. The van der Waals surface area contributed by atoms with Gasteiger partial charge in [-0.15, -0.1) is 0 Å². The van der Waals surface area contributed by atoms with E-state index in [2.05, 4.69) is 20.9 Å². The molecule has 0 N–H and O–H groups in total. The van der Waals surface area contributed by atoms with Crippen molar-refractivity contribution in [3.05, 3.63) is 28.5 Å². The van der Waals surface area contributed by atoms with Crippen LogP contribution >= 0.6 is 15.9 Å². The van der Waals surface area contributed by atoms with E-state index in [1.54, 1.807) is 18.3 Å². The van der Waals surface area contributed by atoms with E-state index in [0.29, 0.717) is 18.5 Å². The van der Waals surface area contributed by atoms with E-state index in [-0.39, 0.29) is 18.9 Å². The van der Waals surface area contributed by atoms with Crippen molar-refractivity contribution in [2.24, 2.45) is 0 Å². The summed E-state index contributed by atoms with van der Waals surface area (Å²) in [6.45, 7) is 0. The molecule has 0 bridgehead atoms. The third kappa shape index (κ3) is 1.74. The van der Waals surface area contributed by atoms with Crippen LogP contribution in [0.5, 0.6) is 0 Å². The van der Waals surface area contributed by atoms with Gasteiger partial charge in [-0.2, -0.15) is 0 Å². The summed E-state index contributed by atoms with van der Waals surface area (Å²) in [4.78, 5) is 14.9. The average Bonchev–Trinajstić information content (AvgIpc) is 2.85. The minimum Gasteiger partial charge on any atom is -0.549 e. The van der Waals surface area contributed by atoms with Gasteiger partial charge < -0.3 is 9.90 Å². The summed E-state index contributed by atoms with van der Waals surface area (Å²) in [5.41, 5.74) is -0.227. The first-order valence-corrected chi connectivity index (χ1v) is 4.78. The van der Waals surface area contributed by atoms with Gasteiger partial charge in [0.2, 0.25) is 0 Å². The molecule has 14 heavy (non-hydrogen) atoms. The van der Waals surface area contributed by atoms with Crippen LogP contribution in [0.2, 0.25) is 0 Å². The smallest absolute Gasteiger partial charge is 0.549 e. The van der Waals surface area contributed by atoms with Gasteiger partial charge in [0.25, 0.3) is 0 Å². The molecule has 1 aromatic rings. The standard InChI is InChI=1S/C9H8BrNO2.Li/c10-6-2-1-5-11-7(6)9(3-4-9)8(12)13;/h1-2,5H,3-4H2,(H,12,13);/q;+1/p-1. The number of pyridine rings is 1. The maximum Gasteiger partial charge on any atom is 1.00 e. The number of nitrogens with zero attached hydrogens (tertiary/aromatic N) is 1. The van der Waals surface area contributed by atoms with E-state index >= 15 is 0 Å². The van der Waals surface area contributed by atoms with Crippen molar-refractivity contribution in [1.82, 2.24) is 4.98 Å². The molecule has 68 valence electrons. The molecule has 5 heteroatoms. The first-order valence-electron chi connectivity index (χ1n) is 3.99. The number of carbonyl (C=O) groups excluding carboxylic acids is 1. The predicted molar refractivity (Wildman–Crippen MR) is 47.9 cm³/mol. The number of aliphatic carboxylic acids is 1. The van der Waals surface area contributed by atoms with E-state index in [9.17, 15) is 9.90 Å². The normalized spacial score (nSPS) is 16.9. The van der Waals surface area contributed by atoms with E-state index in [1.165, 1.54) is 0 Å². The molecule has 0 unspecified atom stereocenters. The quantitative estimate of drug-likeness (QED) is 0.550. The Morgan fingerprint density at radius 2 is 2.21 bits per heavy atom. The van der Waals surface area contributed by atoms with E-state index in [1.807, 2.05) is 0 Å². The Kier molecular flexibility index (Phi) is 3.41. The number of carboxylic acid groups (broad SMARTS) is 1. The maximum atomic E-state index is 10.9. The number of rotatable bonds is 2. The van der Waals surface area contributed by atoms with Crippen LogP contribution in [0.3, 0.4) is 0 Å². The molecule has 1 aromatic heterocycles. The Hall–Kier alpha value is -0.303. The van der Waals surface area contributed by atoms with Gasteiger partial charge in [-0.3, -0.25) is 4.98 Å². The molecule has 1 saturated carbocycles. The van der Waals surface area contributed by atoms with Crippen LogP contribution in [0.15, 0.2) is 22.8 Å². The zero-order valence-corrected chi connectivity index (χ0v) is 9.37. The molecule has 0 spiro atoms. The molecule has 0 radical (unpaired) electrons. The topological polar surface area (TPSA) is 53.0 Å². The van der Waals surface area contributed by atoms with Gasteiger partial charge in [0, 0.05) is 10.7 Å². The molecule has 0 amide bonds. The summed E-state index contributed by atoms with van der Waals surface area (Å²) in [7, 11) is 0. The Balaban J connectivity index is 0.000000980. The van der Waals surface area contributed by atoms with Gasteiger partial charge >= 0.3 is 18.9 Å². The second-order valence-electron chi connectivity index (χ2n) is 3.20. The fraction of sp³-hybridized carbons (Fsp3) is 0.333. The monoisotopic (exact) mass is 247 g/mol. The van der Waals surface area contributed by atoms with Gasteiger partial charge in [-0.1, -0.05) is 0 Å². The number of aromatic nitrogens is 1. The van der Waals surface area contributed by atoms with E-state index < -0.39 is 11.4 Å². The fourth-order valence-electron chi connectivity index (χ4n) is 1.40. The summed E-state index contributed by atoms with van der Waals surface area (Å²) in [5, 5.41) is 10.9. The maximum absolute atomic E-state index is 10.9. The first-order chi connectivity index (χ1) is 6.17. The van der Waals surface area contributed by atoms with Gasteiger partial charge in [0.05, 0.1) is 17.1 Å². The van der Waals surface area contributed by atoms with E-state index in [0.717, 1.165) is 4.47 Å². The van der Waals surface area contributed by atoms with Gasteiger partial charge in [0.15, 0.2) is 0 Å². The second kappa shape index (κ2) is 4.06. The molecule has 3 nitrogen and oxygen atoms in total. The number of hydrogen-bond acceptors (Lipinski definition) is 3. The average molecular weight is 248 g/mol. The number of carbonyl (C=O) groups is 1. The van der Waals surface area contributed by atoms with Crippen molar-refractivity contribution in [3.63, 3.8) is 0 Å². The van der Waals surface area contributed by atoms with E-state index in [4.69, 9.17) is 0 Å². The molecule has 0 aliphatic heterocycles. The summed E-state index contributed by atoms with van der Waals surface area (Å²) < 4.78 is 0.747. The SMILES string of the molecule is O=C([O-])C1(c2ncccc2Br)CC1.[Li+]. The minimum atomic E-state index is -1.02. The minimum absolute atomic E-state index is 0. The molecule has 0 aromatic carbocycles. The molecule has 0 saturated heterocycles. The van der Waals surface area contributed by atoms with Crippen molar-refractivity contribution in [1.29, 1.82) is 0 Å². The van der Waals surface area contributed by atoms with Crippen molar-refractivity contribution in [2.75, 3.05) is 0 Å². The van der Waals surface area contributed by atoms with Crippen LogP contribution in [0.1, 0.15) is 18.5 Å². The van der Waals surface area contributed by atoms with Crippen LogP contribution in [0.4, 0.5) is 0 Å².